The molecule has 7 heteroatoms. The first-order chi connectivity index (χ1) is 16.5. The van der Waals surface area contributed by atoms with Crippen molar-refractivity contribution < 1.29 is 23.1 Å². The molecule has 1 fully saturated rings. The number of rotatable bonds is 1. The lowest BCUT2D eigenvalue weighted by Crippen LogP contribution is -2.50. The Balaban J connectivity index is 1.40. The predicted octanol–water partition coefficient (Wildman–Crippen LogP) is 4.89. The Bertz CT molecular complexity index is 998. The zero-order chi connectivity index (χ0) is 24.0. The normalized spacial score (nSPS) is 19.5. The molecule has 2 aliphatic heterocycles. The second-order valence-corrected chi connectivity index (χ2v) is 9.36. The zero-order valence-electron chi connectivity index (χ0n) is 19.5. The Morgan fingerprint density at radius 1 is 0.941 bits per heavy atom. The van der Waals surface area contributed by atoms with Crippen molar-refractivity contribution in [2.45, 2.75) is 51.4 Å². The molecule has 4 rings (SSSR count). The van der Waals surface area contributed by atoms with Crippen LogP contribution in [0.1, 0.15) is 60.9 Å². The maximum atomic E-state index is 13.6. The minimum atomic E-state index is -0.770. The fourth-order valence-corrected chi connectivity index (χ4v) is 5.04. The van der Waals surface area contributed by atoms with E-state index in [0.29, 0.717) is 45.5 Å². The summed E-state index contributed by atoms with van der Waals surface area (Å²) < 4.78 is 33.1. The summed E-state index contributed by atoms with van der Waals surface area (Å²) in [7, 11) is 0. The first-order valence-corrected chi connectivity index (χ1v) is 12.2. The highest BCUT2D eigenvalue weighted by Crippen LogP contribution is 2.38. The van der Waals surface area contributed by atoms with Crippen molar-refractivity contribution in [3.63, 3.8) is 0 Å². The molecule has 2 aromatic carbocycles. The molecule has 1 N–H and O–H groups in total. The van der Waals surface area contributed by atoms with Gasteiger partial charge in [0.25, 0.3) is 5.91 Å². The molecule has 0 unspecified atom stereocenters. The minimum Gasteiger partial charge on any atom is -0.493 e. The number of hydrogen-bond donors (Lipinski definition) is 1. The highest BCUT2D eigenvalue weighted by atomic mass is 19.1. The smallest absolute Gasteiger partial charge is 0.254 e. The molecule has 2 amide bonds. The number of carbonyl (C=O) groups is 2. The van der Waals surface area contributed by atoms with Crippen molar-refractivity contribution in [1.29, 1.82) is 0 Å². The van der Waals surface area contributed by atoms with E-state index in [9.17, 15) is 18.4 Å². The van der Waals surface area contributed by atoms with Crippen LogP contribution in [0.25, 0.3) is 0 Å². The number of piperidine rings is 1. The molecule has 1 spiro atoms. The van der Waals surface area contributed by atoms with Gasteiger partial charge in [-0.15, -0.1) is 0 Å². The molecule has 2 heterocycles. The van der Waals surface area contributed by atoms with E-state index in [-0.39, 0.29) is 11.5 Å². The van der Waals surface area contributed by atoms with E-state index >= 15 is 0 Å². The average molecular weight is 471 g/mol. The van der Waals surface area contributed by atoms with Crippen molar-refractivity contribution in [3.8, 4) is 5.75 Å². The van der Waals surface area contributed by atoms with Gasteiger partial charge in [0, 0.05) is 31.3 Å². The first-order valence-electron chi connectivity index (χ1n) is 12.2. The van der Waals surface area contributed by atoms with Crippen LogP contribution in [0, 0.1) is 17.0 Å². The van der Waals surface area contributed by atoms with E-state index in [1.54, 1.807) is 4.90 Å². The molecular formula is C27H32F2N2O3. The Labute approximate surface area is 199 Å². The van der Waals surface area contributed by atoms with E-state index in [0.717, 1.165) is 56.1 Å². The lowest BCUT2D eigenvalue weighted by Gasteiger charge is -2.41. The van der Waals surface area contributed by atoms with Gasteiger partial charge in [-0.05, 0) is 62.3 Å². The van der Waals surface area contributed by atoms with E-state index in [1.165, 1.54) is 5.56 Å². The number of nitrogens with one attached hydrogen (secondary N) is 1. The lowest BCUT2D eigenvalue weighted by molar-refractivity contribution is -0.134. The number of hydrogen-bond acceptors (Lipinski definition) is 3. The van der Waals surface area contributed by atoms with Gasteiger partial charge < -0.3 is 15.0 Å². The van der Waals surface area contributed by atoms with Crippen LogP contribution < -0.4 is 10.1 Å². The van der Waals surface area contributed by atoms with Crippen LogP contribution in [0.5, 0.6) is 5.75 Å². The van der Waals surface area contributed by atoms with E-state index < -0.39 is 23.0 Å². The van der Waals surface area contributed by atoms with Crippen LogP contribution in [-0.2, 0) is 11.2 Å². The molecule has 5 nitrogen and oxygen atoms in total. The maximum Gasteiger partial charge on any atom is 0.254 e. The lowest BCUT2D eigenvalue weighted by atomic mass is 9.73. The summed E-state index contributed by atoms with van der Waals surface area (Å²) in [6, 6.07) is 11.0. The summed E-state index contributed by atoms with van der Waals surface area (Å²) in [4.78, 5) is 27.7. The molecule has 2 aromatic rings. The number of amides is 2. The number of likely N-dealkylation sites (tertiary alicyclic amines) is 1. The average Bonchev–Trinajstić information content (AvgIpc) is 2.83. The third-order valence-electron chi connectivity index (χ3n) is 7.04. The molecule has 0 atom stereocenters. The Morgan fingerprint density at radius 3 is 2.44 bits per heavy atom. The Kier molecular flexibility index (Phi) is 7.80. The molecule has 0 aromatic heterocycles. The summed E-state index contributed by atoms with van der Waals surface area (Å²) in [5.41, 5.74) is 0.704. The number of halogens is 2. The van der Waals surface area contributed by atoms with Crippen LogP contribution in [0.3, 0.4) is 0 Å². The topological polar surface area (TPSA) is 58.6 Å². The number of ether oxygens (including phenoxy) is 1. The van der Waals surface area contributed by atoms with E-state index in [1.807, 2.05) is 18.2 Å². The molecule has 1 saturated heterocycles. The maximum absolute atomic E-state index is 13.6. The fourth-order valence-electron chi connectivity index (χ4n) is 5.04. The Hall–Kier alpha value is -2.96. The monoisotopic (exact) mass is 470 g/mol. The number of benzene rings is 2. The number of para-hydroxylation sites is 1. The van der Waals surface area contributed by atoms with Gasteiger partial charge in [-0.25, -0.2) is 8.78 Å². The molecule has 34 heavy (non-hydrogen) atoms. The second kappa shape index (κ2) is 11.0. The second-order valence-electron chi connectivity index (χ2n) is 9.36. The molecule has 0 aliphatic carbocycles. The largest absolute Gasteiger partial charge is 0.493 e. The number of fused-ring (bicyclic) bond motifs is 1. The van der Waals surface area contributed by atoms with Crippen LogP contribution in [0.2, 0.25) is 0 Å². The fraction of sp³-hybridized carbons (Fsp3) is 0.481. The van der Waals surface area contributed by atoms with Crippen molar-refractivity contribution in [2.24, 2.45) is 5.41 Å². The van der Waals surface area contributed by atoms with Gasteiger partial charge in [-0.1, -0.05) is 31.0 Å². The van der Waals surface area contributed by atoms with Crippen molar-refractivity contribution in [3.05, 3.63) is 65.2 Å². The first kappa shape index (κ1) is 24.2. The van der Waals surface area contributed by atoms with Gasteiger partial charge in [-0.2, -0.15) is 0 Å². The van der Waals surface area contributed by atoms with Gasteiger partial charge in [0.15, 0.2) is 0 Å². The third-order valence-corrected chi connectivity index (χ3v) is 7.04. The van der Waals surface area contributed by atoms with Gasteiger partial charge in [0.2, 0.25) is 5.91 Å². The van der Waals surface area contributed by atoms with Gasteiger partial charge in [0.05, 0.1) is 12.0 Å². The zero-order valence-corrected chi connectivity index (χ0v) is 19.5. The number of nitrogens with zero attached hydrogens (tertiary/aromatic N) is 1. The SMILES string of the molecule is O=C(c1cc(F)cc(F)c1)N1CCC2(CCCCCc3ccccc3OCCCNC2=O)CC1. The molecular weight excluding hydrogens is 438 g/mol. The quantitative estimate of drug-likeness (QED) is 0.646. The molecule has 0 bridgehead atoms. The highest BCUT2D eigenvalue weighted by molar-refractivity contribution is 5.94. The van der Waals surface area contributed by atoms with Crippen LogP contribution in [0.15, 0.2) is 42.5 Å². The van der Waals surface area contributed by atoms with E-state index in [2.05, 4.69) is 11.4 Å². The summed E-state index contributed by atoms with van der Waals surface area (Å²) in [5.74, 6) is -0.973. The van der Waals surface area contributed by atoms with E-state index in [4.69, 9.17) is 4.74 Å². The molecule has 182 valence electrons. The van der Waals surface area contributed by atoms with Gasteiger partial charge in [0.1, 0.15) is 17.4 Å². The summed E-state index contributed by atoms with van der Waals surface area (Å²) in [6.07, 6.45) is 6.48. The summed E-state index contributed by atoms with van der Waals surface area (Å²) in [6.45, 7) is 1.85. The third kappa shape index (κ3) is 5.75. The number of aryl methyl sites for hydroxylation is 1. The van der Waals surface area contributed by atoms with Crippen LogP contribution >= 0.6 is 0 Å². The highest BCUT2D eigenvalue weighted by Gasteiger charge is 2.41. The minimum absolute atomic E-state index is 0.00388. The van der Waals surface area contributed by atoms with Crippen molar-refractivity contribution in [1.82, 2.24) is 10.2 Å². The van der Waals surface area contributed by atoms with Gasteiger partial charge >= 0.3 is 0 Å². The van der Waals surface area contributed by atoms with Crippen molar-refractivity contribution in [2.75, 3.05) is 26.2 Å². The predicted molar refractivity (Wildman–Crippen MR) is 126 cm³/mol. The van der Waals surface area contributed by atoms with Crippen LogP contribution in [0.4, 0.5) is 8.78 Å². The molecule has 0 radical (unpaired) electrons. The number of carbonyl (C=O) groups excluding carboxylic acids is 2. The van der Waals surface area contributed by atoms with Crippen molar-refractivity contribution >= 4 is 11.8 Å². The summed E-state index contributed by atoms with van der Waals surface area (Å²) >= 11 is 0. The molecule has 0 saturated carbocycles. The van der Waals surface area contributed by atoms with Gasteiger partial charge in [-0.3, -0.25) is 9.59 Å². The molecule has 2 aliphatic rings. The standard InChI is InChI=1S/C27H32F2N2O3/c28-22-17-21(18-23(29)19-22)25(32)31-14-11-27(12-15-31)10-5-1-2-7-20-8-3-4-9-24(20)34-16-6-13-30-26(27)33/h3-4,8-9,17-19H,1-2,5-7,10-16H2,(H,30,33). The Morgan fingerprint density at radius 2 is 1.68 bits per heavy atom. The van der Waals surface area contributed by atoms with Crippen LogP contribution in [-0.4, -0.2) is 43.0 Å². The summed E-state index contributed by atoms with van der Waals surface area (Å²) in [5, 5.41) is 3.09.